The van der Waals surface area contributed by atoms with Gasteiger partial charge >= 0.3 is 0 Å². The van der Waals surface area contributed by atoms with Crippen LogP contribution in [0, 0.1) is 6.92 Å². The monoisotopic (exact) mass is 392 g/mol. The standard InChI is InChI=1S/C23H16N6O/c1-13-2-4-24-8-17(13)19-7-16-22(11-26-19)28-29-23(16)20-6-15-18(14-3-5-30-12-14)9-25-10-21(15)27-20/h2-12,27H,1H3,(H,28,29). The van der Waals surface area contributed by atoms with E-state index in [4.69, 9.17) is 4.42 Å². The molecule has 30 heavy (non-hydrogen) atoms. The van der Waals surface area contributed by atoms with Gasteiger partial charge in [-0.05, 0) is 36.8 Å². The Morgan fingerprint density at radius 1 is 0.900 bits per heavy atom. The number of hydrogen-bond donors (Lipinski definition) is 2. The van der Waals surface area contributed by atoms with Crippen LogP contribution in [0.4, 0.5) is 0 Å². The van der Waals surface area contributed by atoms with Crippen LogP contribution in [0.15, 0.2) is 72.2 Å². The van der Waals surface area contributed by atoms with Gasteiger partial charge in [-0.2, -0.15) is 5.10 Å². The summed E-state index contributed by atoms with van der Waals surface area (Å²) in [4.78, 5) is 16.7. The fourth-order valence-corrected chi connectivity index (χ4v) is 3.83. The quantitative estimate of drug-likeness (QED) is 0.435. The molecule has 7 heteroatoms. The molecule has 2 N–H and O–H groups in total. The van der Waals surface area contributed by atoms with Gasteiger partial charge < -0.3 is 9.40 Å². The van der Waals surface area contributed by atoms with Crippen LogP contribution in [0.25, 0.3) is 55.6 Å². The minimum Gasteiger partial charge on any atom is -0.472 e. The zero-order chi connectivity index (χ0) is 20.1. The van der Waals surface area contributed by atoms with Gasteiger partial charge in [0.2, 0.25) is 0 Å². The molecule has 6 aromatic heterocycles. The Balaban J connectivity index is 1.53. The first-order valence-electron chi connectivity index (χ1n) is 9.53. The number of nitrogens with zero attached hydrogens (tertiary/aromatic N) is 4. The van der Waals surface area contributed by atoms with Gasteiger partial charge in [-0.1, -0.05) is 0 Å². The van der Waals surface area contributed by atoms with Gasteiger partial charge in [0, 0.05) is 46.1 Å². The molecule has 6 rings (SSSR count). The van der Waals surface area contributed by atoms with Crippen LogP contribution in [0.3, 0.4) is 0 Å². The molecule has 144 valence electrons. The topological polar surface area (TPSA) is 96.3 Å². The van der Waals surface area contributed by atoms with Crippen molar-refractivity contribution in [3.05, 3.63) is 73.3 Å². The third-order valence-electron chi connectivity index (χ3n) is 5.40. The SMILES string of the molecule is Cc1ccncc1-c1cc2c(-c3cc4c(-c5ccoc5)cncc4[nH]3)n[nH]c2cn1. The summed E-state index contributed by atoms with van der Waals surface area (Å²) in [5.74, 6) is 0. The van der Waals surface area contributed by atoms with Crippen LogP contribution in [0.2, 0.25) is 0 Å². The summed E-state index contributed by atoms with van der Waals surface area (Å²) in [5, 5.41) is 9.71. The van der Waals surface area contributed by atoms with E-state index in [1.807, 2.05) is 36.9 Å². The number of aryl methyl sites for hydroxylation is 1. The van der Waals surface area contributed by atoms with E-state index in [0.717, 1.165) is 61.1 Å². The molecule has 0 spiro atoms. The molecule has 0 aliphatic carbocycles. The smallest absolute Gasteiger partial charge is 0.116 e. The van der Waals surface area contributed by atoms with Crippen molar-refractivity contribution in [2.45, 2.75) is 6.92 Å². The first kappa shape index (κ1) is 16.7. The molecule has 0 amide bonds. The summed E-state index contributed by atoms with van der Waals surface area (Å²) in [5.41, 5.74) is 8.57. The molecule has 0 aliphatic rings. The molecule has 0 aliphatic heterocycles. The Morgan fingerprint density at radius 2 is 1.83 bits per heavy atom. The highest BCUT2D eigenvalue weighted by molar-refractivity contribution is 6.00. The lowest BCUT2D eigenvalue weighted by atomic mass is 10.1. The minimum atomic E-state index is 0.838. The number of hydrogen-bond acceptors (Lipinski definition) is 5. The number of fused-ring (bicyclic) bond motifs is 2. The van der Waals surface area contributed by atoms with Crippen LogP contribution >= 0.6 is 0 Å². The second-order valence-corrected chi connectivity index (χ2v) is 7.22. The summed E-state index contributed by atoms with van der Waals surface area (Å²) >= 11 is 0. The molecular weight excluding hydrogens is 376 g/mol. The highest BCUT2D eigenvalue weighted by Crippen LogP contribution is 2.34. The van der Waals surface area contributed by atoms with Crippen molar-refractivity contribution in [1.29, 1.82) is 0 Å². The number of nitrogens with one attached hydrogen (secondary N) is 2. The van der Waals surface area contributed by atoms with Gasteiger partial charge in [-0.15, -0.1) is 0 Å². The zero-order valence-electron chi connectivity index (χ0n) is 16.0. The molecular formula is C23H16N6O. The summed E-state index contributed by atoms with van der Waals surface area (Å²) < 4.78 is 5.25. The highest BCUT2D eigenvalue weighted by Gasteiger charge is 2.15. The van der Waals surface area contributed by atoms with Crippen molar-refractivity contribution in [2.75, 3.05) is 0 Å². The number of aromatic nitrogens is 6. The number of pyridine rings is 3. The molecule has 0 aromatic carbocycles. The van der Waals surface area contributed by atoms with Gasteiger partial charge in [0.15, 0.2) is 0 Å². The number of furan rings is 1. The first-order valence-corrected chi connectivity index (χ1v) is 9.53. The van der Waals surface area contributed by atoms with Crippen molar-refractivity contribution in [2.24, 2.45) is 0 Å². The summed E-state index contributed by atoms with van der Waals surface area (Å²) in [7, 11) is 0. The van der Waals surface area contributed by atoms with Crippen LogP contribution < -0.4 is 0 Å². The highest BCUT2D eigenvalue weighted by atomic mass is 16.3. The van der Waals surface area contributed by atoms with E-state index in [1.165, 1.54) is 0 Å². The molecule has 7 nitrogen and oxygen atoms in total. The zero-order valence-corrected chi connectivity index (χ0v) is 16.0. The molecule has 0 atom stereocenters. The van der Waals surface area contributed by atoms with Crippen molar-refractivity contribution in [3.8, 4) is 33.8 Å². The molecule has 0 radical (unpaired) electrons. The van der Waals surface area contributed by atoms with E-state index in [9.17, 15) is 0 Å². The van der Waals surface area contributed by atoms with Crippen molar-refractivity contribution < 1.29 is 4.42 Å². The maximum atomic E-state index is 5.25. The molecule has 0 fully saturated rings. The minimum absolute atomic E-state index is 0.838. The van der Waals surface area contributed by atoms with Crippen molar-refractivity contribution in [3.63, 3.8) is 0 Å². The van der Waals surface area contributed by atoms with Crippen LogP contribution in [-0.4, -0.2) is 30.1 Å². The predicted molar refractivity (Wildman–Crippen MR) is 115 cm³/mol. The fraction of sp³-hybridized carbons (Fsp3) is 0.0435. The Bertz CT molecular complexity index is 1510. The van der Waals surface area contributed by atoms with Crippen LogP contribution in [0.5, 0.6) is 0 Å². The van der Waals surface area contributed by atoms with E-state index in [-0.39, 0.29) is 0 Å². The third-order valence-corrected chi connectivity index (χ3v) is 5.40. The van der Waals surface area contributed by atoms with Gasteiger partial charge in [0.05, 0.1) is 47.3 Å². The summed E-state index contributed by atoms with van der Waals surface area (Å²) in [6.45, 7) is 2.06. The molecule has 0 unspecified atom stereocenters. The fourth-order valence-electron chi connectivity index (χ4n) is 3.83. The second kappa shape index (κ2) is 6.38. The molecule has 0 saturated heterocycles. The lowest BCUT2D eigenvalue weighted by Gasteiger charge is -2.04. The van der Waals surface area contributed by atoms with Gasteiger partial charge in [0.1, 0.15) is 5.69 Å². The third kappa shape index (κ3) is 2.52. The first-order chi connectivity index (χ1) is 14.8. The maximum Gasteiger partial charge on any atom is 0.116 e. The average Bonchev–Trinajstić information content (AvgIpc) is 3.51. The number of rotatable bonds is 3. The second-order valence-electron chi connectivity index (χ2n) is 7.22. The van der Waals surface area contributed by atoms with Crippen LogP contribution in [-0.2, 0) is 0 Å². The molecule has 6 heterocycles. The van der Waals surface area contributed by atoms with E-state index in [0.29, 0.717) is 0 Å². The number of H-pyrrole nitrogens is 2. The maximum absolute atomic E-state index is 5.25. The van der Waals surface area contributed by atoms with E-state index in [2.05, 4.69) is 49.2 Å². The lowest BCUT2D eigenvalue weighted by molar-refractivity contribution is 0.568. The average molecular weight is 392 g/mol. The van der Waals surface area contributed by atoms with Crippen LogP contribution in [0.1, 0.15) is 5.56 Å². The molecule has 0 saturated carbocycles. The van der Waals surface area contributed by atoms with Gasteiger partial charge in [-0.3, -0.25) is 20.1 Å². The summed E-state index contributed by atoms with van der Waals surface area (Å²) in [6.07, 6.45) is 12.5. The number of aromatic amines is 2. The van der Waals surface area contributed by atoms with E-state index in [1.54, 1.807) is 18.7 Å². The molecule has 0 bridgehead atoms. The lowest BCUT2D eigenvalue weighted by Crippen LogP contribution is -1.88. The van der Waals surface area contributed by atoms with E-state index >= 15 is 0 Å². The van der Waals surface area contributed by atoms with Gasteiger partial charge in [-0.25, -0.2) is 0 Å². The van der Waals surface area contributed by atoms with Gasteiger partial charge in [0.25, 0.3) is 0 Å². The van der Waals surface area contributed by atoms with Crippen molar-refractivity contribution in [1.82, 2.24) is 30.1 Å². The largest absolute Gasteiger partial charge is 0.472 e. The Labute approximate surface area is 170 Å². The Morgan fingerprint density at radius 3 is 2.70 bits per heavy atom. The summed E-state index contributed by atoms with van der Waals surface area (Å²) in [6, 6.07) is 8.07. The normalized spacial score (nSPS) is 11.5. The Hall–Kier alpha value is -4.26. The Kier molecular flexibility index (Phi) is 3.55. The van der Waals surface area contributed by atoms with E-state index < -0.39 is 0 Å². The molecule has 6 aromatic rings. The van der Waals surface area contributed by atoms with Crippen molar-refractivity contribution >= 4 is 21.8 Å². The predicted octanol–water partition coefficient (Wildman–Crippen LogP) is 5.13.